The van der Waals surface area contributed by atoms with Gasteiger partial charge in [-0.05, 0) is 50.2 Å². The molecule has 0 fully saturated rings. The number of hydrogen-bond acceptors (Lipinski definition) is 6. The third kappa shape index (κ3) is 6.58. The number of aryl methyl sites for hydroxylation is 1. The van der Waals surface area contributed by atoms with Crippen LogP contribution >= 0.6 is 11.3 Å². The van der Waals surface area contributed by atoms with Crippen molar-refractivity contribution in [2.75, 3.05) is 25.5 Å². The highest BCUT2D eigenvalue weighted by molar-refractivity contribution is 7.18. The second kappa shape index (κ2) is 10.1. The first-order valence-corrected chi connectivity index (χ1v) is 9.39. The largest absolute Gasteiger partial charge is 0.462 e. The van der Waals surface area contributed by atoms with Crippen LogP contribution in [0.4, 0.5) is 13.8 Å². The van der Waals surface area contributed by atoms with Crippen molar-refractivity contribution in [3.8, 4) is 5.75 Å². The first-order chi connectivity index (χ1) is 13.3. The highest BCUT2D eigenvalue weighted by Gasteiger charge is 2.16. The van der Waals surface area contributed by atoms with Gasteiger partial charge in [0.25, 0.3) is 0 Å². The minimum atomic E-state index is -2.88. The van der Waals surface area contributed by atoms with Crippen molar-refractivity contribution in [1.29, 1.82) is 0 Å². The molecule has 0 unspecified atom stereocenters. The van der Waals surface area contributed by atoms with Gasteiger partial charge in [-0.3, -0.25) is 9.69 Å². The Balaban J connectivity index is 1.91. The maximum Gasteiger partial charge on any atom is 0.387 e. The molecular weight excluding hydrogens is 390 g/mol. The number of ether oxygens (including phenoxy) is 2. The number of anilines is 1. The molecule has 0 aliphatic heterocycles. The summed E-state index contributed by atoms with van der Waals surface area (Å²) in [5.74, 6) is -0.585. The van der Waals surface area contributed by atoms with Gasteiger partial charge in [0.1, 0.15) is 10.6 Å². The molecule has 2 rings (SSSR count). The van der Waals surface area contributed by atoms with Gasteiger partial charge in [0.05, 0.1) is 18.2 Å². The molecule has 28 heavy (non-hydrogen) atoms. The zero-order valence-electron chi connectivity index (χ0n) is 15.8. The summed E-state index contributed by atoms with van der Waals surface area (Å²) in [5.41, 5.74) is 1.48. The lowest BCUT2D eigenvalue weighted by molar-refractivity contribution is -0.117. The number of benzene rings is 1. The quantitative estimate of drug-likeness (QED) is 0.633. The van der Waals surface area contributed by atoms with Crippen LogP contribution in [0, 0.1) is 6.92 Å². The Hall–Kier alpha value is -2.52. The number of carbonyl (C=O) groups is 2. The summed E-state index contributed by atoms with van der Waals surface area (Å²) in [4.78, 5) is 26.3. The highest BCUT2D eigenvalue weighted by Crippen LogP contribution is 2.27. The van der Waals surface area contributed by atoms with Crippen LogP contribution in [0.1, 0.15) is 27.7 Å². The Labute approximate surface area is 166 Å². The van der Waals surface area contributed by atoms with Crippen molar-refractivity contribution in [3.05, 3.63) is 46.3 Å². The van der Waals surface area contributed by atoms with Crippen LogP contribution in [-0.4, -0.2) is 43.6 Å². The second-order valence-corrected chi connectivity index (χ2v) is 7.14. The fraction of sp³-hybridized carbons (Fsp3) is 0.368. The van der Waals surface area contributed by atoms with E-state index in [0.717, 1.165) is 22.5 Å². The molecule has 1 amide bonds. The molecular formula is C19H22F2N2O4S. The molecule has 0 saturated carbocycles. The van der Waals surface area contributed by atoms with E-state index in [2.05, 4.69) is 10.1 Å². The SMILES string of the molecule is CCOC(=O)c1sc(NC(=O)CN(C)Cc2cccc(OC(F)F)c2)cc1C. The van der Waals surface area contributed by atoms with Crippen LogP contribution < -0.4 is 10.1 Å². The van der Waals surface area contributed by atoms with Crippen molar-refractivity contribution in [2.45, 2.75) is 27.0 Å². The fourth-order valence-corrected chi connectivity index (χ4v) is 3.54. The van der Waals surface area contributed by atoms with Gasteiger partial charge in [-0.1, -0.05) is 12.1 Å². The molecule has 0 bridgehead atoms. The summed E-state index contributed by atoms with van der Waals surface area (Å²) >= 11 is 1.16. The Morgan fingerprint density at radius 1 is 1.29 bits per heavy atom. The lowest BCUT2D eigenvalue weighted by atomic mass is 10.2. The fourth-order valence-electron chi connectivity index (χ4n) is 2.55. The molecule has 0 atom stereocenters. The Morgan fingerprint density at radius 2 is 2.04 bits per heavy atom. The minimum absolute atomic E-state index is 0.0749. The minimum Gasteiger partial charge on any atom is -0.462 e. The zero-order valence-corrected chi connectivity index (χ0v) is 16.6. The number of amides is 1. The number of nitrogens with zero attached hydrogens (tertiary/aromatic N) is 1. The summed E-state index contributed by atoms with van der Waals surface area (Å²) in [6, 6.07) is 8.06. The van der Waals surface area contributed by atoms with Crippen molar-refractivity contribution < 1.29 is 27.8 Å². The first kappa shape index (κ1) is 21.8. The van der Waals surface area contributed by atoms with Crippen LogP contribution in [-0.2, 0) is 16.1 Å². The number of carbonyl (C=O) groups excluding carboxylic acids is 2. The average Bonchev–Trinajstić information content (AvgIpc) is 2.94. The average molecular weight is 412 g/mol. The van der Waals surface area contributed by atoms with E-state index in [1.54, 1.807) is 44.0 Å². The van der Waals surface area contributed by atoms with Gasteiger partial charge in [0.2, 0.25) is 5.91 Å². The third-order valence-electron chi connectivity index (χ3n) is 3.63. The normalized spacial score (nSPS) is 11.0. The van der Waals surface area contributed by atoms with E-state index < -0.39 is 12.6 Å². The lowest BCUT2D eigenvalue weighted by Gasteiger charge is -2.16. The molecule has 1 N–H and O–H groups in total. The summed E-state index contributed by atoms with van der Waals surface area (Å²) in [6.07, 6.45) is 0. The smallest absolute Gasteiger partial charge is 0.387 e. The Morgan fingerprint density at radius 3 is 2.71 bits per heavy atom. The van der Waals surface area contributed by atoms with E-state index in [9.17, 15) is 18.4 Å². The summed E-state index contributed by atoms with van der Waals surface area (Å²) in [6.45, 7) is 1.38. The summed E-state index contributed by atoms with van der Waals surface area (Å²) < 4.78 is 34.0. The summed E-state index contributed by atoms with van der Waals surface area (Å²) in [5, 5.41) is 3.32. The summed E-state index contributed by atoms with van der Waals surface area (Å²) in [7, 11) is 1.74. The Kier molecular flexibility index (Phi) is 7.89. The van der Waals surface area contributed by atoms with Gasteiger partial charge < -0.3 is 14.8 Å². The molecule has 6 nitrogen and oxygen atoms in total. The van der Waals surface area contributed by atoms with Gasteiger partial charge in [0.15, 0.2) is 0 Å². The van der Waals surface area contributed by atoms with Crippen molar-refractivity contribution in [3.63, 3.8) is 0 Å². The van der Waals surface area contributed by atoms with Gasteiger partial charge in [-0.15, -0.1) is 11.3 Å². The van der Waals surface area contributed by atoms with E-state index in [1.807, 2.05) is 0 Å². The van der Waals surface area contributed by atoms with Crippen molar-refractivity contribution in [2.24, 2.45) is 0 Å². The maximum absolute atomic E-state index is 12.3. The molecule has 9 heteroatoms. The number of likely N-dealkylation sites (N-methyl/N-ethyl adjacent to an activating group) is 1. The predicted octanol–water partition coefficient (Wildman–Crippen LogP) is 3.91. The molecule has 0 saturated heterocycles. The molecule has 1 heterocycles. The molecule has 1 aromatic carbocycles. The lowest BCUT2D eigenvalue weighted by Crippen LogP contribution is -2.29. The number of halogens is 2. The van der Waals surface area contributed by atoms with E-state index in [1.165, 1.54) is 12.1 Å². The molecule has 2 aromatic rings. The second-order valence-electron chi connectivity index (χ2n) is 6.09. The van der Waals surface area contributed by atoms with Gasteiger partial charge >= 0.3 is 12.6 Å². The number of esters is 1. The number of nitrogens with one attached hydrogen (secondary N) is 1. The van der Waals surface area contributed by atoms with E-state index >= 15 is 0 Å². The standard InChI is InChI=1S/C19H22F2N2O4S/c1-4-26-18(25)17-12(2)8-16(28-17)22-15(24)11-23(3)10-13-6-5-7-14(9-13)27-19(20)21/h5-9,19H,4,10-11H2,1-3H3,(H,22,24). The van der Waals surface area contributed by atoms with E-state index in [0.29, 0.717) is 16.4 Å². The van der Waals surface area contributed by atoms with E-state index in [-0.39, 0.29) is 24.8 Å². The molecule has 0 spiro atoms. The highest BCUT2D eigenvalue weighted by atomic mass is 32.1. The molecule has 0 aliphatic rings. The van der Waals surface area contributed by atoms with Crippen LogP contribution in [0.2, 0.25) is 0 Å². The Bertz CT molecular complexity index is 826. The molecule has 0 aliphatic carbocycles. The third-order valence-corrected chi connectivity index (χ3v) is 4.76. The maximum atomic E-state index is 12.3. The van der Waals surface area contributed by atoms with E-state index in [4.69, 9.17) is 4.74 Å². The van der Waals surface area contributed by atoms with Crippen LogP contribution in [0.3, 0.4) is 0 Å². The molecule has 1 aromatic heterocycles. The first-order valence-electron chi connectivity index (χ1n) is 8.58. The monoisotopic (exact) mass is 412 g/mol. The number of thiophene rings is 1. The predicted molar refractivity (Wildman–Crippen MR) is 103 cm³/mol. The van der Waals surface area contributed by atoms with Gasteiger partial charge in [-0.25, -0.2) is 4.79 Å². The van der Waals surface area contributed by atoms with Crippen LogP contribution in [0.25, 0.3) is 0 Å². The number of alkyl halides is 2. The molecule has 0 radical (unpaired) electrons. The van der Waals surface area contributed by atoms with Gasteiger partial charge in [0, 0.05) is 6.54 Å². The number of rotatable bonds is 9. The van der Waals surface area contributed by atoms with Crippen LogP contribution in [0.5, 0.6) is 5.75 Å². The number of hydrogen-bond donors (Lipinski definition) is 1. The van der Waals surface area contributed by atoms with Crippen LogP contribution in [0.15, 0.2) is 30.3 Å². The topological polar surface area (TPSA) is 67.9 Å². The van der Waals surface area contributed by atoms with Crippen molar-refractivity contribution >= 4 is 28.2 Å². The molecule has 152 valence electrons. The zero-order chi connectivity index (χ0) is 20.7. The van der Waals surface area contributed by atoms with Crippen molar-refractivity contribution in [1.82, 2.24) is 4.90 Å². The van der Waals surface area contributed by atoms with Gasteiger partial charge in [-0.2, -0.15) is 8.78 Å².